The van der Waals surface area contributed by atoms with Gasteiger partial charge in [0.05, 0.1) is 6.04 Å². The predicted molar refractivity (Wildman–Crippen MR) is 149 cm³/mol. The Kier molecular flexibility index (Phi) is 10.1. The Morgan fingerprint density at radius 2 is 1.72 bits per heavy atom. The zero-order chi connectivity index (χ0) is 28.7. The summed E-state index contributed by atoms with van der Waals surface area (Å²) in [5.41, 5.74) is 1.64. The highest BCUT2D eigenvalue weighted by molar-refractivity contribution is 6.38. The van der Waals surface area contributed by atoms with Crippen LogP contribution in [-0.2, 0) is 36.8 Å². The number of rotatable bonds is 11. The third kappa shape index (κ3) is 7.34. The molecule has 4 amide bonds. The van der Waals surface area contributed by atoms with E-state index in [1.54, 1.807) is 20.8 Å². The van der Waals surface area contributed by atoms with Crippen LogP contribution in [0.25, 0.3) is 0 Å². The third-order valence-corrected chi connectivity index (χ3v) is 7.47. The number of nitrogens with zero attached hydrogens (tertiary/aromatic N) is 1. The molecule has 1 fully saturated rings. The van der Waals surface area contributed by atoms with Gasteiger partial charge in [0.25, 0.3) is 5.91 Å². The summed E-state index contributed by atoms with van der Waals surface area (Å²) in [4.78, 5) is 67.0. The Morgan fingerprint density at radius 1 is 1.08 bits per heavy atom. The van der Waals surface area contributed by atoms with Gasteiger partial charge in [-0.3, -0.25) is 24.0 Å². The average molecular weight is 539 g/mol. The van der Waals surface area contributed by atoms with E-state index in [-0.39, 0.29) is 24.3 Å². The molecule has 9 nitrogen and oxygen atoms in total. The molecule has 1 heterocycles. The SMILES string of the molecule is C=CCNC(=O)C(=O)C(CCC)NC(=O)[C@@H]1CCCN1C(=O)[C@@H](NC(=O)C(C)(C)C)C1Cc2ccccc2C1. The zero-order valence-electron chi connectivity index (χ0n) is 23.5. The van der Waals surface area contributed by atoms with Crippen LogP contribution in [-0.4, -0.2) is 65.5 Å². The summed E-state index contributed by atoms with van der Waals surface area (Å²) in [5, 5.41) is 8.20. The maximum absolute atomic E-state index is 14.0. The summed E-state index contributed by atoms with van der Waals surface area (Å²) in [6, 6.07) is 5.49. The molecule has 1 unspecified atom stereocenters. The number of fused-ring (bicyclic) bond motifs is 1. The van der Waals surface area contributed by atoms with E-state index < -0.39 is 41.1 Å². The maximum atomic E-state index is 14.0. The van der Waals surface area contributed by atoms with E-state index >= 15 is 0 Å². The molecule has 1 aliphatic heterocycles. The fourth-order valence-electron chi connectivity index (χ4n) is 5.28. The Hall–Kier alpha value is -3.49. The van der Waals surface area contributed by atoms with Crippen molar-refractivity contribution in [2.24, 2.45) is 11.3 Å². The molecule has 0 radical (unpaired) electrons. The molecule has 0 aromatic heterocycles. The van der Waals surface area contributed by atoms with E-state index in [0.29, 0.717) is 45.1 Å². The fourth-order valence-corrected chi connectivity index (χ4v) is 5.28. The van der Waals surface area contributed by atoms with Gasteiger partial charge < -0.3 is 20.9 Å². The molecule has 1 aliphatic carbocycles. The van der Waals surface area contributed by atoms with Gasteiger partial charge in [0.15, 0.2) is 0 Å². The number of likely N-dealkylation sites (tertiary alicyclic amines) is 1. The number of Topliss-reactive ketones (excluding diaryl/α,β-unsaturated/α-hetero) is 1. The molecular weight excluding hydrogens is 496 g/mol. The lowest BCUT2D eigenvalue weighted by atomic mass is 9.91. The van der Waals surface area contributed by atoms with Crippen molar-refractivity contribution in [3.8, 4) is 0 Å². The molecule has 3 atom stereocenters. The van der Waals surface area contributed by atoms with E-state index in [0.717, 1.165) is 11.1 Å². The number of amides is 4. The first kappa shape index (κ1) is 30.1. The highest BCUT2D eigenvalue weighted by Gasteiger charge is 2.43. The molecule has 212 valence electrons. The van der Waals surface area contributed by atoms with E-state index in [4.69, 9.17) is 0 Å². The minimum absolute atomic E-state index is 0.131. The van der Waals surface area contributed by atoms with Gasteiger partial charge in [-0.1, -0.05) is 64.5 Å². The number of carbonyl (C=O) groups is 5. The Balaban J connectivity index is 1.79. The smallest absolute Gasteiger partial charge is 0.289 e. The fraction of sp³-hybridized carbons (Fsp3) is 0.567. The predicted octanol–water partition coefficient (Wildman–Crippen LogP) is 2.08. The van der Waals surface area contributed by atoms with Crippen LogP contribution >= 0.6 is 0 Å². The Bertz CT molecular complexity index is 1080. The molecule has 0 spiro atoms. The van der Waals surface area contributed by atoms with Gasteiger partial charge in [0.2, 0.25) is 23.5 Å². The molecule has 2 aliphatic rings. The molecule has 1 saturated heterocycles. The molecule has 3 rings (SSSR count). The number of nitrogens with one attached hydrogen (secondary N) is 3. The minimum Gasteiger partial charge on any atom is -0.346 e. The summed E-state index contributed by atoms with van der Waals surface area (Å²) in [5.74, 6) is -2.60. The van der Waals surface area contributed by atoms with Crippen LogP contribution in [0.2, 0.25) is 0 Å². The van der Waals surface area contributed by atoms with E-state index in [2.05, 4.69) is 22.5 Å². The second-order valence-electron chi connectivity index (χ2n) is 11.5. The largest absolute Gasteiger partial charge is 0.346 e. The normalized spacial score (nSPS) is 18.6. The third-order valence-electron chi connectivity index (χ3n) is 7.47. The number of ketones is 1. The maximum Gasteiger partial charge on any atom is 0.289 e. The van der Waals surface area contributed by atoms with Crippen molar-refractivity contribution in [1.29, 1.82) is 0 Å². The van der Waals surface area contributed by atoms with E-state index in [1.165, 1.54) is 11.0 Å². The molecule has 3 N–H and O–H groups in total. The summed E-state index contributed by atoms with van der Waals surface area (Å²) >= 11 is 0. The molecule has 1 aromatic rings. The van der Waals surface area contributed by atoms with Crippen LogP contribution in [0.5, 0.6) is 0 Å². The van der Waals surface area contributed by atoms with Crippen LogP contribution in [0.4, 0.5) is 0 Å². The topological polar surface area (TPSA) is 125 Å². The first-order valence-electron chi connectivity index (χ1n) is 13.9. The lowest BCUT2D eigenvalue weighted by Gasteiger charge is -2.33. The van der Waals surface area contributed by atoms with Gasteiger partial charge in [-0.15, -0.1) is 6.58 Å². The second kappa shape index (κ2) is 13.0. The second-order valence-corrected chi connectivity index (χ2v) is 11.5. The van der Waals surface area contributed by atoms with Crippen LogP contribution in [0.1, 0.15) is 64.5 Å². The zero-order valence-corrected chi connectivity index (χ0v) is 23.5. The molecule has 9 heteroatoms. The van der Waals surface area contributed by atoms with Crippen LogP contribution < -0.4 is 16.0 Å². The summed E-state index contributed by atoms with van der Waals surface area (Å²) < 4.78 is 0. The van der Waals surface area contributed by atoms with Crippen LogP contribution in [0.3, 0.4) is 0 Å². The number of hydrogen-bond donors (Lipinski definition) is 3. The number of benzene rings is 1. The first-order valence-corrected chi connectivity index (χ1v) is 13.9. The van der Waals surface area contributed by atoms with E-state index in [1.807, 2.05) is 31.2 Å². The summed E-state index contributed by atoms with van der Waals surface area (Å²) in [6.45, 7) is 11.3. The lowest BCUT2D eigenvalue weighted by Crippen LogP contribution is -2.58. The first-order chi connectivity index (χ1) is 18.5. The van der Waals surface area contributed by atoms with Gasteiger partial charge in [0.1, 0.15) is 12.1 Å². The molecular formula is C30H42N4O5. The Labute approximate surface area is 231 Å². The van der Waals surface area contributed by atoms with E-state index in [9.17, 15) is 24.0 Å². The van der Waals surface area contributed by atoms with Crippen molar-refractivity contribution in [2.45, 2.75) is 84.3 Å². The standard InChI is InChI=1S/C30H42N4O5/c1-6-11-22(25(35)27(37)31-15-7-2)32-26(36)23-14-10-16-34(23)28(38)24(33-29(39)30(3,4)5)21-17-19-12-8-9-13-20(19)18-21/h7-9,12-13,21-24H,2,6,10-11,14-18H2,1,3-5H3,(H,31,37)(H,32,36)(H,33,39)/t22?,23-,24-/m0/s1. The molecule has 39 heavy (non-hydrogen) atoms. The Morgan fingerprint density at radius 3 is 2.28 bits per heavy atom. The average Bonchev–Trinajstić information content (AvgIpc) is 3.56. The number of carbonyl (C=O) groups excluding carboxylic acids is 5. The van der Waals surface area contributed by atoms with Crippen molar-refractivity contribution in [2.75, 3.05) is 13.1 Å². The van der Waals surface area contributed by atoms with Gasteiger partial charge in [0, 0.05) is 18.5 Å². The van der Waals surface area contributed by atoms with Crippen LogP contribution in [0, 0.1) is 11.3 Å². The van der Waals surface area contributed by atoms with Crippen molar-refractivity contribution in [3.63, 3.8) is 0 Å². The summed E-state index contributed by atoms with van der Waals surface area (Å²) in [6.07, 6.45) is 4.75. The monoisotopic (exact) mass is 538 g/mol. The quantitative estimate of drug-likeness (QED) is 0.294. The van der Waals surface area contributed by atoms with Crippen molar-refractivity contribution in [1.82, 2.24) is 20.9 Å². The van der Waals surface area contributed by atoms with Crippen LogP contribution in [0.15, 0.2) is 36.9 Å². The lowest BCUT2D eigenvalue weighted by molar-refractivity contribution is -0.145. The van der Waals surface area contributed by atoms with Crippen molar-refractivity contribution in [3.05, 3.63) is 48.0 Å². The van der Waals surface area contributed by atoms with Gasteiger partial charge in [-0.05, 0) is 49.1 Å². The molecule has 1 aromatic carbocycles. The van der Waals surface area contributed by atoms with Gasteiger partial charge in [-0.2, -0.15) is 0 Å². The highest BCUT2D eigenvalue weighted by Crippen LogP contribution is 2.31. The van der Waals surface area contributed by atoms with Crippen molar-refractivity contribution >= 4 is 29.4 Å². The van der Waals surface area contributed by atoms with Gasteiger partial charge >= 0.3 is 0 Å². The minimum atomic E-state index is -0.981. The highest BCUT2D eigenvalue weighted by atomic mass is 16.2. The summed E-state index contributed by atoms with van der Waals surface area (Å²) in [7, 11) is 0. The van der Waals surface area contributed by atoms with Crippen molar-refractivity contribution < 1.29 is 24.0 Å². The number of hydrogen-bond acceptors (Lipinski definition) is 5. The van der Waals surface area contributed by atoms with Gasteiger partial charge in [-0.25, -0.2) is 0 Å². The molecule has 0 bridgehead atoms. The molecule has 0 saturated carbocycles.